The van der Waals surface area contributed by atoms with Crippen LogP contribution in [0.2, 0.25) is 0 Å². The number of fused-ring (bicyclic) bond motifs is 1. The van der Waals surface area contributed by atoms with Gasteiger partial charge in [-0.2, -0.15) is 0 Å². The highest BCUT2D eigenvalue weighted by molar-refractivity contribution is 6.01. The lowest BCUT2D eigenvalue weighted by molar-refractivity contribution is -0.138. The van der Waals surface area contributed by atoms with Gasteiger partial charge in [0.05, 0.1) is 12.2 Å². The Labute approximate surface area is 91.9 Å². The minimum absolute atomic E-state index is 0.0339. The minimum Gasteiger partial charge on any atom is -0.480 e. The summed E-state index contributed by atoms with van der Waals surface area (Å²) in [5, 5.41) is 11.6. The van der Waals surface area contributed by atoms with Crippen molar-refractivity contribution in [2.24, 2.45) is 0 Å². The number of carboxylic acids is 1. The molecular formula is C10H11N3O3. The summed E-state index contributed by atoms with van der Waals surface area (Å²) in [4.78, 5) is 27.8. The molecule has 1 aliphatic rings. The summed E-state index contributed by atoms with van der Waals surface area (Å²) in [5.41, 5.74) is 0.636. The Kier molecular flexibility index (Phi) is 2.47. The Hall–Kier alpha value is -2.11. The van der Waals surface area contributed by atoms with Crippen LogP contribution in [0.25, 0.3) is 0 Å². The Morgan fingerprint density at radius 3 is 3.12 bits per heavy atom. The number of hydrogen-bond acceptors (Lipinski definition) is 4. The zero-order chi connectivity index (χ0) is 11.7. The summed E-state index contributed by atoms with van der Waals surface area (Å²) in [7, 11) is 0. The fourth-order valence-corrected chi connectivity index (χ4v) is 1.62. The number of hydrogen-bond donors (Lipinski definition) is 2. The molecule has 0 saturated heterocycles. The van der Waals surface area contributed by atoms with E-state index >= 15 is 0 Å². The molecule has 0 aromatic carbocycles. The monoisotopic (exact) mass is 221 g/mol. The molecule has 1 aromatic rings. The lowest BCUT2D eigenvalue weighted by Crippen LogP contribution is -2.47. The van der Waals surface area contributed by atoms with Crippen LogP contribution in [0.1, 0.15) is 6.92 Å². The molecule has 0 spiro atoms. The lowest BCUT2D eigenvalue weighted by Gasteiger charge is -2.32. The maximum atomic E-state index is 11.4. The predicted octanol–water partition coefficient (Wildman–Crippen LogP) is 0.313. The number of carbonyl (C=O) groups excluding carboxylic acids is 1. The number of nitrogens with zero attached hydrogens (tertiary/aromatic N) is 2. The number of pyridine rings is 1. The second-order valence-electron chi connectivity index (χ2n) is 3.56. The molecule has 2 heterocycles. The molecule has 1 atom stereocenters. The topological polar surface area (TPSA) is 82.5 Å². The molecule has 0 aliphatic carbocycles. The molecule has 0 bridgehead atoms. The first-order chi connectivity index (χ1) is 7.59. The summed E-state index contributed by atoms with van der Waals surface area (Å²) in [6.45, 7) is 1.57. The molecule has 1 unspecified atom stereocenters. The van der Waals surface area contributed by atoms with E-state index in [1.165, 1.54) is 11.8 Å². The lowest BCUT2D eigenvalue weighted by atomic mass is 10.2. The van der Waals surface area contributed by atoms with Gasteiger partial charge in [-0.1, -0.05) is 0 Å². The van der Waals surface area contributed by atoms with E-state index in [4.69, 9.17) is 5.11 Å². The summed E-state index contributed by atoms with van der Waals surface area (Å²) >= 11 is 0. The van der Waals surface area contributed by atoms with Crippen molar-refractivity contribution in [2.75, 3.05) is 16.8 Å². The van der Waals surface area contributed by atoms with Crippen molar-refractivity contribution in [1.82, 2.24) is 4.98 Å². The van der Waals surface area contributed by atoms with Gasteiger partial charge in [-0.05, 0) is 19.1 Å². The van der Waals surface area contributed by atoms with E-state index in [0.717, 1.165) is 0 Å². The van der Waals surface area contributed by atoms with E-state index in [2.05, 4.69) is 10.3 Å². The number of carbonyl (C=O) groups is 2. The Morgan fingerprint density at radius 2 is 2.44 bits per heavy atom. The third kappa shape index (κ3) is 1.69. The maximum absolute atomic E-state index is 11.4. The summed E-state index contributed by atoms with van der Waals surface area (Å²) < 4.78 is 0. The quantitative estimate of drug-likeness (QED) is 0.751. The number of anilines is 2. The van der Waals surface area contributed by atoms with Gasteiger partial charge < -0.3 is 15.3 Å². The molecular weight excluding hydrogens is 210 g/mol. The van der Waals surface area contributed by atoms with Gasteiger partial charge in [0, 0.05) is 6.20 Å². The Bertz CT molecular complexity index is 447. The largest absolute Gasteiger partial charge is 0.480 e. The van der Waals surface area contributed by atoms with Crippen molar-refractivity contribution in [2.45, 2.75) is 13.0 Å². The van der Waals surface area contributed by atoms with E-state index < -0.39 is 12.0 Å². The van der Waals surface area contributed by atoms with E-state index in [0.29, 0.717) is 11.5 Å². The number of aliphatic carboxylic acids is 1. The molecule has 1 aromatic heterocycles. The van der Waals surface area contributed by atoms with Crippen LogP contribution in [-0.2, 0) is 9.59 Å². The van der Waals surface area contributed by atoms with E-state index in [1.807, 2.05) is 0 Å². The third-order valence-electron chi connectivity index (χ3n) is 2.49. The van der Waals surface area contributed by atoms with Crippen LogP contribution in [0.5, 0.6) is 0 Å². The number of carboxylic acid groups (broad SMARTS) is 1. The van der Waals surface area contributed by atoms with Crippen molar-refractivity contribution in [3.63, 3.8) is 0 Å². The van der Waals surface area contributed by atoms with E-state index in [1.54, 1.807) is 18.3 Å². The third-order valence-corrected chi connectivity index (χ3v) is 2.49. The van der Waals surface area contributed by atoms with Crippen LogP contribution in [-0.4, -0.2) is 34.6 Å². The molecule has 1 aliphatic heterocycles. The summed E-state index contributed by atoms with van der Waals surface area (Å²) in [6, 6.07) is 2.69. The highest BCUT2D eigenvalue weighted by Gasteiger charge is 2.29. The second kappa shape index (κ2) is 3.80. The van der Waals surface area contributed by atoms with Gasteiger partial charge in [-0.25, -0.2) is 9.78 Å². The number of rotatable bonds is 2. The fourth-order valence-electron chi connectivity index (χ4n) is 1.62. The van der Waals surface area contributed by atoms with Crippen LogP contribution < -0.4 is 10.2 Å². The SMILES string of the molecule is CC(C(=O)O)N1CC(=O)Nc2ncccc21. The molecule has 2 N–H and O–H groups in total. The molecule has 0 fully saturated rings. The first kappa shape index (κ1) is 10.4. The highest BCUT2D eigenvalue weighted by Crippen LogP contribution is 2.28. The average Bonchev–Trinajstić information content (AvgIpc) is 2.26. The first-order valence-corrected chi connectivity index (χ1v) is 4.84. The molecule has 84 valence electrons. The van der Waals surface area contributed by atoms with Crippen LogP contribution in [0.15, 0.2) is 18.3 Å². The van der Waals surface area contributed by atoms with E-state index in [9.17, 15) is 9.59 Å². The predicted molar refractivity (Wildman–Crippen MR) is 57.3 cm³/mol. The van der Waals surface area contributed by atoms with Crippen molar-refractivity contribution < 1.29 is 14.7 Å². The molecule has 6 nitrogen and oxygen atoms in total. The first-order valence-electron chi connectivity index (χ1n) is 4.84. The zero-order valence-corrected chi connectivity index (χ0v) is 8.67. The normalized spacial score (nSPS) is 16.3. The standard InChI is InChI=1S/C10H11N3O3/c1-6(10(15)16)13-5-8(14)12-9-7(13)3-2-4-11-9/h2-4,6H,5H2,1H3,(H,15,16)(H,11,12,14). The number of amides is 1. The van der Waals surface area contributed by atoms with Crippen LogP contribution in [0.3, 0.4) is 0 Å². The van der Waals surface area contributed by atoms with Gasteiger partial charge in [0.15, 0.2) is 5.82 Å². The smallest absolute Gasteiger partial charge is 0.326 e. The Balaban J connectivity index is 2.41. The van der Waals surface area contributed by atoms with Gasteiger partial charge in [0.1, 0.15) is 6.04 Å². The molecule has 0 saturated carbocycles. The molecule has 16 heavy (non-hydrogen) atoms. The van der Waals surface area contributed by atoms with Gasteiger partial charge in [-0.3, -0.25) is 4.79 Å². The van der Waals surface area contributed by atoms with Crippen LogP contribution in [0.4, 0.5) is 11.5 Å². The molecule has 0 radical (unpaired) electrons. The molecule has 6 heteroatoms. The second-order valence-corrected chi connectivity index (χ2v) is 3.56. The van der Waals surface area contributed by atoms with Gasteiger partial charge in [0.25, 0.3) is 0 Å². The highest BCUT2D eigenvalue weighted by atomic mass is 16.4. The fraction of sp³-hybridized carbons (Fsp3) is 0.300. The van der Waals surface area contributed by atoms with Gasteiger partial charge in [-0.15, -0.1) is 0 Å². The molecule has 1 amide bonds. The van der Waals surface area contributed by atoms with Crippen LogP contribution in [0, 0.1) is 0 Å². The van der Waals surface area contributed by atoms with Crippen molar-refractivity contribution >= 4 is 23.4 Å². The van der Waals surface area contributed by atoms with Crippen molar-refractivity contribution in [3.8, 4) is 0 Å². The average molecular weight is 221 g/mol. The maximum Gasteiger partial charge on any atom is 0.326 e. The zero-order valence-electron chi connectivity index (χ0n) is 8.67. The summed E-state index contributed by atoms with van der Waals surface area (Å²) in [5.74, 6) is -0.810. The van der Waals surface area contributed by atoms with Gasteiger partial charge in [0.2, 0.25) is 5.91 Å². The Morgan fingerprint density at radius 1 is 1.69 bits per heavy atom. The number of nitrogens with one attached hydrogen (secondary N) is 1. The summed E-state index contributed by atoms with van der Waals surface area (Å²) in [6.07, 6.45) is 1.55. The van der Waals surface area contributed by atoms with Crippen LogP contribution >= 0.6 is 0 Å². The van der Waals surface area contributed by atoms with Crippen molar-refractivity contribution in [1.29, 1.82) is 0 Å². The number of aromatic nitrogens is 1. The minimum atomic E-state index is -0.968. The van der Waals surface area contributed by atoms with Crippen molar-refractivity contribution in [3.05, 3.63) is 18.3 Å². The van der Waals surface area contributed by atoms with E-state index in [-0.39, 0.29) is 12.5 Å². The van der Waals surface area contributed by atoms with Gasteiger partial charge >= 0.3 is 5.97 Å². The molecule has 2 rings (SSSR count).